The van der Waals surface area contributed by atoms with Gasteiger partial charge >= 0.3 is 0 Å². The molecular formula is C36H47N3O5. The minimum atomic E-state index is -0.537. The molecule has 0 saturated carbocycles. The highest BCUT2D eigenvalue weighted by atomic mass is 16.7. The Labute approximate surface area is 261 Å². The molecule has 3 aromatic rings. The van der Waals surface area contributed by atoms with Crippen molar-refractivity contribution in [1.29, 1.82) is 0 Å². The van der Waals surface area contributed by atoms with Gasteiger partial charge in [0.2, 0.25) is 11.8 Å². The van der Waals surface area contributed by atoms with E-state index in [-0.39, 0.29) is 36.5 Å². The van der Waals surface area contributed by atoms with Crippen LogP contribution >= 0.6 is 0 Å². The van der Waals surface area contributed by atoms with E-state index in [4.69, 9.17) is 9.47 Å². The van der Waals surface area contributed by atoms with Gasteiger partial charge < -0.3 is 25.2 Å². The first-order valence-corrected chi connectivity index (χ1v) is 15.7. The van der Waals surface area contributed by atoms with Gasteiger partial charge in [0.05, 0.1) is 18.8 Å². The molecule has 4 rings (SSSR count). The Morgan fingerprint density at radius 3 is 2.18 bits per heavy atom. The molecule has 4 atom stereocenters. The second kappa shape index (κ2) is 17.1. The van der Waals surface area contributed by atoms with E-state index >= 15 is 0 Å². The third kappa shape index (κ3) is 10.3. The minimum Gasteiger partial charge on any atom is -0.392 e. The third-order valence-electron chi connectivity index (χ3n) is 8.11. The molecule has 1 saturated heterocycles. The van der Waals surface area contributed by atoms with Crippen LogP contribution in [-0.2, 0) is 38.8 Å². The summed E-state index contributed by atoms with van der Waals surface area (Å²) in [5.41, 5.74) is 5.13. The number of likely N-dealkylation sites (N-methyl/N-ethyl adjacent to an activating group) is 1. The predicted molar refractivity (Wildman–Crippen MR) is 171 cm³/mol. The lowest BCUT2D eigenvalue weighted by Crippen LogP contribution is -2.43. The number of rotatable bonds is 15. The number of aliphatic hydroxyl groups is 1. The fourth-order valence-corrected chi connectivity index (χ4v) is 5.53. The van der Waals surface area contributed by atoms with Crippen LogP contribution in [0.25, 0.3) is 0 Å². The fraction of sp³-hybridized carbons (Fsp3) is 0.444. The van der Waals surface area contributed by atoms with Gasteiger partial charge in [-0.25, -0.2) is 0 Å². The number of carbonyl (C=O) groups excluding carboxylic acids is 2. The molecule has 3 N–H and O–H groups in total. The van der Waals surface area contributed by atoms with E-state index < -0.39 is 6.29 Å². The zero-order valence-electron chi connectivity index (χ0n) is 26.2. The maximum atomic E-state index is 12.3. The summed E-state index contributed by atoms with van der Waals surface area (Å²) in [6, 6.07) is 26.4. The van der Waals surface area contributed by atoms with Crippen LogP contribution in [-0.4, -0.2) is 48.1 Å². The molecule has 236 valence electrons. The standard InChI is InChI=1S/C36H47N3O5/c1-26-33(24-39(3)23-29-10-6-4-7-11-29)43-36(44-35(26)31-17-15-30(25-40)16-18-31)32-19-13-28(14-20-32)22-38-34(42)12-8-5-9-21-37-27(2)41/h4,6-7,10-11,13-20,26,33,35-36,40H,5,8-9,12,21-25H2,1-3H3,(H,37,41)(H,38,42)/t26-,33+,35+,36+/m0/s1. The van der Waals surface area contributed by atoms with E-state index in [0.717, 1.165) is 54.6 Å². The molecule has 1 fully saturated rings. The summed E-state index contributed by atoms with van der Waals surface area (Å²) in [6.45, 7) is 6.38. The number of ether oxygens (including phenoxy) is 2. The van der Waals surface area contributed by atoms with Crippen LogP contribution in [0.15, 0.2) is 78.9 Å². The Bertz CT molecular complexity index is 1300. The number of nitrogens with zero attached hydrogens (tertiary/aromatic N) is 1. The van der Waals surface area contributed by atoms with Gasteiger partial charge in [-0.2, -0.15) is 0 Å². The highest BCUT2D eigenvalue weighted by Crippen LogP contribution is 2.41. The number of benzene rings is 3. The van der Waals surface area contributed by atoms with Crippen LogP contribution in [0, 0.1) is 5.92 Å². The van der Waals surface area contributed by atoms with Crippen LogP contribution in [0.5, 0.6) is 0 Å². The van der Waals surface area contributed by atoms with E-state index in [1.807, 2.05) is 54.6 Å². The fourth-order valence-electron chi connectivity index (χ4n) is 5.53. The molecule has 0 aromatic heterocycles. The number of amides is 2. The second-order valence-electron chi connectivity index (χ2n) is 11.8. The van der Waals surface area contributed by atoms with E-state index in [1.165, 1.54) is 12.5 Å². The van der Waals surface area contributed by atoms with Crippen molar-refractivity contribution in [3.05, 3.63) is 107 Å². The van der Waals surface area contributed by atoms with Crippen molar-refractivity contribution in [3.8, 4) is 0 Å². The molecule has 8 nitrogen and oxygen atoms in total. The summed E-state index contributed by atoms with van der Waals surface area (Å²) in [5.74, 6) is 0.105. The monoisotopic (exact) mass is 601 g/mol. The Morgan fingerprint density at radius 1 is 0.818 bits per heavy atom. The van der Waals surface area contributed by atoms with Gasteiger partial charge in [0, 0.05) is 51.0 Å². The van der Waals surface area contributed by atoms with Crippen molar-refractivity contribution in [2.24, 2.45) is 5.92 Å². The number of hydrogen-bond donors (Lipinski definition) is 3. The van der Waals surface area contributed by atoms with E-state index in [0.29, 0.717) is 19.5 Å². The Kier molecular flexibility index (Phi) is 12.9. The molecule has 2 amide bonds. The lowest BCUT2D eigenvalue weighted by molar-refractivity contribution is -0.276. The molecule has 1 heterocycles. The maximum Gasteiger partial charge on any atom is 0.220 e. The average molecular weight is 602 g/mol. The van der Waals surface area contributed by atoms with Gasteiger partial charge in [0.1, 0.15) is 0 Å². The van der Waals surface area contributed by atoms with Crippen molar-refractivity contribution in [1.82, 2.24) is 15.5 Å². The van der Waals surface area contributed by atoms with Crippen molar-refractivity contribution >= 4 is 11.8 Å². The molecule has 8 heteroatoms. The van der Waals surface area contributed by atoms with E-state index in [2.05, 4.69) is 53.8 Å². The smallest absolute Gasteiger partial charge is 0.220 e. The highest BCUT2D eigenvalue weighted by Gasteiger charge is 2.38. The van der Waals surface area contributed by atoms with E-state index in [1.54, 1.807) is 0 Å². The van der Waals surface area contributed by atoms with Gasteiger partial charge in [0.25, 0.3) is 0 Å². The van der Waals surface area contributed by atoms with Crippen LogP contribution in [0.3, 0.4) is 0 Å². The average Bonchev–Trinajstić information content (AvgIpc) is 3.03. The molecule has 0 bridgehead atoms. The molecule has 1 aliphatic heterocycles. The Hall–Kier alpha value is -3.56. The first-order chi connectivity index (χ1) is 21.3. The van der Waals surface area contributed by atoms with E-state index in [9.17, 15) is 14.7 Å². The Morgan fingerprint density at radius 2 is 1.50 bits per heavy atom. The quantitative estimate of drug-likeness (QED) is 0.201. The van der Waals surface area contributed by atoms with Crippen molar-refractivity contribution < 1.29 is 24.2 Å². The summed E-state index contributed by atoms with van der Waals surface area (Å²) < 4.78 is 13.2. The zero-order valence-corrected chi connectivity index (χ0v) is 26.2. The molecule has 0 aliphatic carbocycles. The van der Waals surface area contributed by atoms with Crippen LogP contribution < -0.4 is 10.6 Å². The molecule has 0 spiro atoms. The summed E-state index contributed by atoms with van der Waals surface area (Å²) in [4.78, 5) is 25.5. The number of carbonyl (C=O) groups is 2. The molecule has 0 unspecified atom stereocenters. The zero-order chi connectivity index (χ0) is 31.3. The first kappa shape index (κ1) is 33.3. The van der Waals surface area contributed by atoms with Gasteiger partial charge in [-0.15, -0.1) is 0 Å². The largest absolute Gasteiger partial charge is 0.392 e. The molecular weight excluding hydrogens is 554 g/mol. The maximum absolute atomic E-state index is 12.3. The van der Waals surface area contributed by atoms with Crippen molar-refractivity contribution in [2.75, 3.05) is 20.1 Å². The van der Waals surface area contributed by atoms with Crippen molar-refractivity contribution in [3.63, 3.8) is 0 Å². The van der Waals surface area contributed by atoms with Crippen LogP contribution in [0.1, 0.15) is 79.7 Å². The number of nitrogens with one attached hydrogen (secondary N) is 2. The number of aliphatic hydroxyl groups excluding tert-OH is 1. The summed E-state index contributed by atoms with van der Waals surface area (Å²) in [5, 5.41) is 15.3. The number of hydrogen-bond acceptors (Lipinski definition) is 6. The van der Waals surface area contributed by atoms with Gasteiger partial charge in [-0.3, -0.25) is 14.5 Å². The lowest BCUT2D eigenvalue weighted by atomic mass is 9.90. The van der Waals surface area contributed by atoms with Crippen LogP contribution in [0.2, 0.25) is 0 Å². The summed E-state index contributed by atoms with van der Waals surface area (Å²) >= 11 is 0. The number of unbranched alkanes of at least 4 members (excludes halogenated alkanes) is 2. The van der Waals surface area contributed by atoms with Gasteiger partial charge in [-0.1, -0.05) is 92.2 Å². The minimum absolute atomic E-state index is 0.00668. The first-order valence-electron chi connectivity index (χ1n) is 15.7. The van der Waals surface area contributed by atoms with Gasteiger partial charge in [0.15, 0.2) is 6.29 Å². The van der Waals surface area contributed by atoms with Crippen LogP contribution in [0.4, 0.5) is 0 Å². The molecule has 3 aromatic carbocycles. The van der Waals surface area contributed by atoms with Gasteiger partial charge in [-0.05, 0) is 42.1 Å². The topological polar surface area (TPSA) is 100 Å². The summed E-state index contributed by atoms with van der Waals surface area (Å²) in [7, 11) is 2.12. The molecule has 1 aliphatic rings. The Balaban J connectivity index is 1.37. The third-order valence-corrected chi connectivity index (χ3v) is 8.11. The predicted octanol–water partition coefficient (Wildman–Crippen LogP) is 5.42. The molecule has 44 heavy (non-hydrogen) atoms. The molecule has 0 radical (unpaired) electrons. The second-order valence-corrected chi connectivity index (χ2v) is 11.8. The SMILES string of the molecule is CC(=O)NCCCCCC(=O)NCc1ccc([C@@H]2O[C@H](CN(C)Cc3ccccc3)[C@H](C)[C@H](c3ccc(CO)cc3)O2)cc1. The summed E-state index contributed by atoms with van der Waals surface area (Å²) in [6.07, 6.45) is 2.27. The normalized spacial score (nSPS) is 19.9. The lowest BCUT2D eigenvalue weighted by Gasteiger charge is -2.42. The van der Waals surface area contributed by atoms with Crippen molar-refractivity contribution in [2.45, 2.75) is 77.7 Å². The highest BCUT2D eigenvalue weighted by molar-refractivity contribution is 5.75.